The minimum absolute atomic E-state index is 0.0367. The molecule has 1 rings (SSSR count). The van der Waals surface area contributed by atoms with E-state index in [4.69, 9.17) is 4.74 Å². The van der Waals surface area contributed by atoms with E-state index in [2.05, 4.69) is 6.92 Å². The van der Waals surface area contributed by atoms with Gasteiger partial charge in [-0.05, 0) is 31.6 Å². The quantitative estimate of drug-likeness (QED) is 0.630. The second kappa shape index (κ2) is 5.25. The first-order valence-electron chi connectivity index (χ1n) is 5.47. The molecular weight excluding hydrogens is 164 g/mol. The summed E-state index contributed by atoms with van der Waals surface area (Å²) in [5.41, 5.74) is 0. The Balaban J connectivity index is 2.40. The summed E-state index contributed by atoms with van der Waals surface area (Å²) < 4.78 is 5.41. The topological polar surface area (TPSA) is 26.3 Å². The number of hydrogen-bond donors (Lipinski definition) is 0. The maximum atomic E-state index is 11.1. The third-order valence-electron chi connectivity index (χ3n) is 2.94. The van der Waals surface area contributed by atoms with Crippen molar-refractivity contribution < 1.29 is 9.53 Å². The van der Waals surface area contributed by atoms with Crippen molar-refractivity contribution >= 4 is 5.97 Å². The normalized spacial score (nSPS) is 28.5. The van der Waals surface area contributed by atoms with Crippen molar-refractivity contribution in [2.24, 2.45) is 5.92 Å². The van der Waals surface area contributed by atoms with Gasteiger partial charge in [0.15, 0.2) is 0 Å². The first kappa shape index (κ1) is 10.6. The molecule has 2 nitrogen and oxygen atoms in total. The molecule has 13 heavy (non-hydrogen) atoms. The van der Waals surface area contributed by atoms with Crippen molar-refractivity contribution in [1.82, 2.24) is 0 Å². The molecule has 0 N–H and O–H groups in total. The Bertz CT molecular complexity index is 165. The van der Waals surface area contributed by atoms with Crippen molar-refractivity contribution in [3.63, 3.8) is 0 Å². The van der Waals surface area contributed by atoms with Gasteiger partial charge in [-0.3, -0.25) is 4.79 Å². The minimum atomic E-state index is -0.0367. The first-order chi connectivity index (χ1) is 6.27. The summed E-state index contributed by atoms with van der Waals surface area (Å²) >= 11 is 0. The molecular formula is C11H20O2. The molecule has 0 radical (unpaired) electrons. The lowest BCUT2D eigenvalue weighted by molar-refractivity contribution is -0.153. The van der Waals surface area contributed by atoms with Gasteiger partial charge >= 0.3 is 5.97 Å². The smallest absolute Gasteiger partial charge is 0.305 e. The molecule has 0 saturated heterocycles. The van der Waals surface area contributed by atoms with Crippen molar-refractivity contribution in [2.45, 2.75) is 58.5 Å². The van der Waals surface area contributed by atoms with Gasteiger partial charge in [-0.15, -0.1) is 0 Å². The molecule has 2 heteroatoms. The SMILES string of the molecule is CCC(=O)O[C@H]1CCCC[C@@H]1CC. The van der Waals surface area contributed by atoms with E-state index in [-0.39, 0.29) is 12.1 Å². The van der Waals surface area contributed by atoms with E-state index in [9.17, 15) is 4.79 Å². The first-order valence-corrected chi connectivity index (χ1v) is 5.47. The van der Waals surface area contributed by atoms with Gasteiger partial charge < -0.3 is 4.74 Å². The van der Waals surface area contributed by atoms with Crippen LogP contribution in [0.25, 0.3) is 0 Å². The van der Waals surface area contributed by atoms with Crippen LogP contribution in [0.4, 0.5) is 0 Å². The molecule has 1 aliphatic rings. The van der Waals surface area contributed by atoms with Crippen LogP contribution in [0.3, 0.4) is 0 Å². The standard InChI is InChI=1S/C11H20O2/c1-3-9-7-5-6-8-10(9)13-11(12)4-2/h9-10H,3-8H2,1-2H3/t9-,10-/m0/s1. The van der Waals surface area contributed by atoms with Gasteiger partial charge in [-0.25, -0.2) is 0 Å². The van der Waals surface area contributed by atoms with Crippen LogP contribution in [-0.4, -0.2) is 12.1 Å². The number of carbonyl (C=O) groups excluding carboxylic acids is 1. The summed E-state index contributed by atoms with van der Waals surface area (Å²) in [5, 5.41) is 0. The summed E-state index contributed by atoms with van der Waals surface area (Å²) in [6.07, 6.45) is 6.69. The molecule has 0 heterocycles. The van der Waals surface area contributed by atoms with Gasteiger partial charge in [0.05, 0.1) is 0 Å². The summed E-state index contributed by atoms with van der Waals surface area (Å²) in [5.74, 6) is 0.578. The Labute approximate surface area is 80.7 Å². The molecule has 0 spiro atoms. The number of ether oxygens (including phenoxy) is 1. The number of rotatable bonds is 3. The zero-order chi connectivity index (χ0) is 9.68. The average Bonchev–Trinajstić information content (AvgIpc) is 2.18. The molecule has 1 fully saturated rings. The summed E-state index contributed by atoms with van der Waals surface area (Å²) in [7, 11) is 0. The third kappa shape index (κ3) is 3.02. The van der Waals surface area contributed by atoms with Crippen molar-refractivity contribution in [3.8, 4) is 0 Å². The van der Waals surface area contributed by atoms with Crippen LogP contribution in [0, 0.1) is 5.92 Å². The largest absolute Gasteiger partial charge is 0.462 e. The molecule has 1 aliphatic carbocycles. The van der Waals surface area contributed by atoms with Crippen LogP contribution in [0.1, 0.15) is 52.4 Å². The lowest BCUT2D eigenvalue weighted by atomic mass is 9.85. The molecule has 76 valence electrons. The van der Waals surface area contributed by atoms with E-state index >= 15 is 0 Å². The molecule has 1 saturated carbocycles. The maximum Gasteiger partial charge on any atom is 0.305 e. The van der Waals surface area contributed by atoms with Crippen LogP contribution in [0.2, 0.25) is 0 Å². The van der Waals surface area contributed by atoms with E-state index in [1.165, 1.54) is 19.3 Å². The van der Waals surface area contributed by atoms with Crippen LogP contribution in [0.5, 0.6) is 0 Å². The molecule has 2 atom stereocenters. The second-order valence-electron chi connectivity index (χ2n) is 3.83. The monoisotopic (exact) mass is 184 g/mol. The zero-order valence-corrected chi connectivity index (χ0v) is 8.71. The molecule has 0 aromatic heterocycles. The Kier molecular flexibility index (Phi) is 4.26. The highest BCUT2D eigenvalue weighted by atomic mass is 16.5. The second-order valence-corrected chi connectivity index (χ2v) is 3.83. The molecule has 0 amide bonds. The van der Waals surface area contributed by atoms with Crippen LogP contribution >= 0.6 is 0 Å². The van der Waals surface area contributed by atoms with Crippen LogP contribution in [0.15, 0.2) is 0 Å². The van der Waals surface area contributed by atoms with Gasteiger partial charge in [-0.2, -0.15) is 0 Å². The summed E-state index contributed by atoms with van der Waals surface area (Å²) in [6.45, 7) is 4.04. The lowest BCUT2D eigenvalue weighted by Crippen LogP contribution is -2.29. The highest BCUT2D eigenvalue weighted by molar-refractivity contribution is 5.69. The van der Waals surface area contributed by atoms with E-state index in [0.29, 0.717) is 12.3 Å². The fourth-order valence-electron chi connectivity index (χ4n) is 2.05. The van der Waals surface area contributed by atoms with Gasteiger partial charge in [-0.1, -0.05) is 20.3 Å². The fraction of sp³-hybridized carbons (Fsp3) is 0.909. The molecule has 0 aliphatic heterocycles. The number of hydrogen-bond acceptors (Lipinski definition) is 2. The van der Waals surface area contributed by atoms with Crippen molar-refractivity contribution in [3.05, 3.63) is 0 Å². The van der Waals surface area contributed by atoms with Crippen LogP contribution < -0.4 is 0 Å². The Morgan fingerprint density at radius 1 is 1.31 bits per heavy atom. The maximum absolute atomic E-state index is 11.1. The molecule has 0 bridgehead atoms. The van der Waals surface area contributed by atoms with Gasteiger partial charge in [0, 0.05) is 6.42 Å². The summed E-state index contributed by atoms with van der Waals surface area (Å²) in [4.78, 5) is 11.1. The zero-order valence-electron chi connectivity index (χ0n) is 8.71. The Morgan fingerprint density at radius 2 is 2.00 bits per heavy atom. The van der Waals surface area contributed by atoms with Crippen molar-refractivity contribution in [1.29, 1.82) is 0 Å². The van der Waals surface area contributed by atoms with Gasteiger partial charge in [0.25, 0.3) is 0 Å². The average molecular weight is 184 g/mol. The van der Waals surface area contributed by atoms with Crippen LogP contribution in [-0.2, 0) is 9.53 Å². The number of esters is 1. The molecule has 0 aromatic rings. The lowest BCUT2D eigenvalue weighted by Gasteiger charge is -2.30. The fourth-order valence-corrected chi connectivity index (χ4v) is 2.05. The Morgan fingerprint density at radius 3 is 2.62 bits per heavy atom. The van der Waals surface area contributed by atoms with E-state index in [0.717, 1.165) is 12.8 Å². The van der Waals surface area contributed by atoms with E-state index in [1.54, 1.807) is 0 Å². The predicted molar refractivity (Wildman–Crippen MR) is 52.4 cm³/mol. The van der Waals surface area contributed by atoms with E-state index < -0.39 is 0 Å². The summed E-state index contributed by atoms with van der Waals surface area (Å²) in [6, 6.07) is 0. The number of carbonyl (C=O) groups is 1. The minimum Gasteiger partial charge on any atom is -0.462 e. The predicted octanol–water partition coefficient (Wildman–Crippen LogP) is 2.91. The van der Waals surface area contributed by atoms with Crippen molar-refractivity contribution in [2.75, 3.05) is 0 Å². The highest BCUT2D eigenvalue weighted by Gasteiger charge is 2.26. The van der Waals surface area contributed by atoms with E-state index in [1.807, 2.05) is 6.92 Å². The molecule has 0 aromatic carbocycles. The third-order valence-corrected chi connectivity index (χ3v) is 2.94. The molecule has 0 unspecified atom stereocenters. The van der Waals surface area contributed by atoms with Gasteiger partial charge in [0.1, 0.15) is 6.10 Å². The highest BCUT2D eigenvalue weighted by Crippen LogP contribution is 2.29. The van der Waals surface area contributed by atoms with Gasteiger partial charge in [0.2, 0.25) is 0 Å². The Hall–Kier alpha value is -0.530.